The van der Waals surface area contributed by atoms with E-state index in [2.05, 4.69) is 69.2 Å². The predicted octanol–water partition coefficient (Wildman–Crippen LogP) is 6.97. The van der Waals surface area contributed by atoms with E-state index in [9.17, 15) is 4.79 Å². The molecular formula is C27H46O2. The molecule has 2 heteroatoms. The first-order valence-electron chi connectivity index (χ1n) is 12.4. The fraction of sp³-hybridized carbons (Fsp3) is 0.963. The van der Waals surface area contributed by atoms with Crippen LogP contribution in [-0.2, 0) is 9.53 Å². The van der Waals surface area contributed by atoms with Gasteiger partial charge in [0.25, 0.3) is 0 Å². The lowest BCUT2D eigenvalue weighted by molar-refractivity contribution is -0.274. The van der Waals surface area contributed by atoms with Crippen molar-refractivity contribution in [3.63, 3.8) is 0 Å². The number of esters is 1. The Morgan fingerprint density at radius 2 is 1.24 bits per heavy atom. The van der Waals surface area contributed by atoms with Crippen molar-refractivity contribution in [2.45, 2.75) is 101 Å². The minimum Gasteiger partial charge on any atom is -0.458 e. The molecule has 5 atom stereocenters. The van der Waals surface area contributed by atoms with Crippen molar-refractivity contribution >= 4 is 5.97 Å². The monoisotopic (exact) mass is 402 g/mol. The third-order valence-corrected chi connectivity index (χ3v) is 11.0. The molecule has 0 amide bonds. The molecule has 5 rings (SSSR count). The summed E-state index contributed by atoms with van der Waals surface area (Å²) in [5, 5.41) is 0. The molecule has 0 aromatic rings. The second-order valence-electron chi connectivity index (χ2n) is 14.0. The second kappa shape index (κ2) is 6.26. The number of carbonyl (C=O) groups excluding carboxylic acids is 1. The quantitative estimate of drug-likeness (QED) is 0.466. The van der Waals surface area contributed by atoms with Gasteiger partial charge >= 0.3 is 5.97 Å². The van der Waals surface area contributed by atoms with E-state index in [1.165, 1.54) is 25.7 Å². The Morgan fingerprint density at radius 1 is 0.793 bits per heavy atom. The highest BCUT2D eigenvalue weighted by atomic mass is 16.6. The van der Waals surface area contributed by atoms with E-state index in [0.29, 0.717) is 11.8 Å². The fourth-order valence-electron chi connectivity index (χ4n) is 8.93. The third kappa shape index (κ3) is 2.75. The van der Waals surface area contributed by atoms with Gasteiger partial charge in [0.05, 0.1) is 5.41 Å². The van der Waals surface area contributed by atoms with E-state index in [1.807, 2.05) is 0 Å². The van der Waals surface area contributed by atoms with Crippen molar-refractivity contribution < 1.29 is 9.53 Å². The summed E-state index contributed by atoms with van der Waals surface area (Å²) in [7, 11) is 0. The Bertz CT molecular complexity index is 642. The molecule has 2 nitrogen and oxygen atoms in total. The van der Waals surface area contributed by atoms with Gasteiger partial charge in [0, 0.05) is 5.92 Å². The molecule has 0 radical (unpaired) electrons. The van der Waals surface area contributed by atoms with Crippen LogP contribution in [0.2, 0.25) is 0 Å². The lowest BCUT2D eigenvalue weighted by Gasteiger charge is -2.70. The van der Waals surface area contributed by atoms with Crippen LogP contribution in [0.25, 0.3) is 0 Å². The summed E-state index contributed by atoms with van der Waals surface area (Å²) < 4.78 is 6.80. The molecule has 0 saturated heterocycles. The summed E-state index contributed by atoms with van der Waals surface area (Å²) >= 11 is 0. The maximum atomic E-state index is 14.0. The smallest absolute Gasteiger partial charge is 0.313 e. The highest BCUT2D eigenvalue weighted by Crippen LogP contribution is 2.70. The van der Waals surface area contributed by atoms with Crippen molar-refractivity contribution in [2.75, 3.05) is 0 Å². The van der Waals surface area contributed by atoms with Gasteiger partial charge < -0.3 is 4.74 Å². The van der Waals surface area contributed by atoms with Gasteiger partial charge in [-0.15, -0.1) is 0 Å². The van der Waals surface area contributed by atoms with Crippen LogP contribution in [0.1, 0.15) is 94.9 Å². The second-order valence-corrected chi connectivity index (χ2v) is 14.0. The molecule has 29 heavy (non-hydrogen) atoms. The maximum Gasteiger partial charge on any atom is 0.313 e. The lowest BCUT2D eigenvalue weighted by Crippen LogP contribution is -2.70. The Kier molecular flexibility index (Phi) is 4.68. The highest BCUT2D eigenvalue weighted by molar-refractivity contribution is 5.79. The van der Waals surface area contributed by atoms with E-state index in [0.717, 1.165) is 35.5 Å². The van der Waals surface area contributed by atoms with Gasteiger partial charge in [0.1, 0.15) is 5.60 Å². The van der Waals surface area contributed by atoms with Crippen molar-refractivity contribution in [3.8, 4) is 0 Å². The largest absolute Gasteiger partial charge is 0.458 e. The van der Waals surface area contributed by atoms with Crippen molar-refractivity contribution in [3.05, 3.63) is 0 Å². The molecular weight excluding hydrogens is 356 g/mol. The summed E-state index contributed by atoms with van der Waals surface area (Å²) in [6.45, 7) is 22.7. The van der Waals surface area contributed by atoms with E-state index in [1.54, 1.807) is 0 Å². The van der Waals surface area contributed by atoms with Crippen molar-refractivity contribution in [1.82, 2.24) is 0 Å². The van der Waals surface area contributed by atoms with Gasteiger partial charge in [-0.1, -0.05) is 55.4 Å². The molecule has 0 spiro atoms. The summed E-state index contributed by atoms with van der Waals surface area (Å²) in [5.74, 6) is 6.17. The van der Waals surface area contributed by atoms with Gasteiger partial charge in [-0.2, -0.15) is 0 Å². The summed E-state index contributed by atoms with van der Waals surface area (Å²) in [5.41, 5.74) is -1.09. The van der Waals surface area contributed by atoms with Crippen LogP contribution in [0.15, 0.2) is 0 Å². The number of carbonyl (C=O) groups is 1. The Hall–Kier alpha value is -0.530. The van der Waals surface area contributed by atoms with Crippen LogP contribution < -0.4 is 0 Å². The molecule has 5 aliphatic carbocycles. The molecule has 5 unspecified atom stereocenters. The van der Waals surface area contributed by atoms with Gasteiger partial charge in [0.15, 0.2) is 0 Å². The first kappa shape index (κ1) is 21.7. The van der Waals surface area contributed by atoms with E-state index >= 15 is 0 Å². The van der Waals surface area contributed by atoms with Gasteiger partial charge in [-0.3, -0.25) is 4.79 Å². The zero-order valence-electron chi connectivity index (χ0n) is 20.8. The van der Waals surface area contributed by atoms with Crippen LogP contribution >= 0.6 is 0 Å². The molecule has 5 aliphatic rings. The van der Waals surface area contributed by atoms with E-state index in [-0.39, 0.29) is 22.4 Å². The molecule has 0 heterocycles. The average Bonchev–Trinajstić information content (AvgIpc) is 2.56. The molecule has 5 fully saturated rings. The number of rotatable bonds is 2. The molecule has 0 aromatic carbocycles. The minimum atomic E-state index is -0.520. The molecule has 0 N–H and O–H groups in total. The van der Waals surface area contributed by atoms with E-state index < -0.39 is 5.41 Å². The van der Waals surface area contributed by atoms with Crippen LogP contribution in [0.3, 0.4) is 0 Å². The first-order valence-corrected chi connectivity index (χ1v) is 12.4. The molecule has 0 aromatic heterocycles. The summed E-state index contributed by atoms with van der Waals surface area (Å²) in [6, 6.07) is 0. The van der Waals surface area contributed by atoms with Crippen molar-refractivity contribution in [2.24, 2.45) is 63.6 Å². The van der Waals surface area contributed by atoms with Crippen LogP contribution in [0.5, 0.6) is 0 Å². The highest BCUT2D eigenvalue weighted by Gasteiger charge is 2.69. The van der Waals surface area contributed by atoms with Crippen LogP contribution in [0.4, 0.5) is 0 Å². The Balaban J connectivity index is 1.70. The lowest BCUT2D eigenvalue weighted by atomic mass is 9.37. The standard InChI is InChI=1S/C27H46O2/c1-15-11-20-18-13-17-14-19(16(18)2)21(12-15)22(20)26(17,9)29-23(28)27(10,24(3,4)5)25(6,7)8/h15-22H,11-14H2,1-10H3. The van der Waals surface area contributed by atoms with Crippen LogP contribution in [0, 0.1) is 63.6 Å². The normalized spacial score (nSPS) is 46.7. The third-order valence-electron chi connectivity index (χ3n) is 11.0. The van der Waals surface area contributed by atoms with Gasteiger partial charge in [-0.05, 0) is 91.8 Å². The average molecular weight is 403 g/mol. The topological polar surface area (TPSA) is 26.3 Å². The van der Waals surface area contributed by atoms with Crippen LogP contribution in [-0.4, -0.2) is 11.6 Å². The summed E-state index contributed by atoms with van der Waals surface area (Å²) in [4.78, 5) is 14.0. The van der Waals surface area contributed by atoms with Gasteiger partial charge in [0.2, 0.25) is 0 Å². The number of hydrogen-bond acceptors (Lipinski definition) is 2. The van der Waals surface area contributed by atoms with Crippen molar-refractivity contribution in [1.29, 1.82) is 0 Å². The summed E-state index contributed by atoms with van der Waals surface area (Å²) in [6.07, 6.45) is 5.25. The van der Waals surface area contributed by atoms with Gasteiger partial charge in [-0.25, -0.2) is 0 Å². The maximum absolute atomic E-state index is 14.0. The molecule has 166 valence electrons. The predicted molar refractivity (Wildman–Crippen MR) is 119 cm³/mol. The molecule has 0 aliphatic heterocycles. The first-order chi connectivity index (χ1) is 13.1. The van der Waals surface area contributed by atoms with E-state index in [4.69, 9.17) is 4.74 Å². The Morgan fingerprint density at radius 3 is 1.66 bits per heavy atom. The molecule has 6 bridgehead atoms. The minimum absolute atomic E-state index is 0.0478. The Labute approximate surface area is 179 Å². The number of ether oxygens (including phenoxy) is 1. The zero-order chi connectivity index (χ0) is 21.7. The zero-order valence-corrected chi connectivity index (χ0v) is 20.8. The number of hydrogen-bond donors (Lipinski definition) is 0. The SMILES string of the molecule is CC1CC2C3CC4CC(C3C)C(C1)C2C4(C)OC(=O)C(C)(C(C)(C)C)C(C)(C)C. The fourth-order valence-corrected chi connectivity index (χ4v) is 8.93. The molecule has 5 saturated carbocycles.